The highest BCUT2D eigenvalue weighted by Gasteiger charge is 2.46. The molecule has 4 rings (SSSR count). The molecule has 2 aliphatic heterocycles. The van der Waals surface area contributed by atoms with Crippen LogP contribution in [0.3, 0.4) is 0 Å². The standard InChI is InChI=1S/C14H15N3O2/c18-13-11-5-15-6-12(10(11)1-3-16-13)17-7-14(8-17)2-4-19-9-14/h1,3,5-6H,2,4,7-9H2,(H,16,18). The normalized spacial score (nSPS) is 20.9. The lowest BCUT2D eigenvalue weighted by Crippen LogP contribution is -2.57. The topological polar surface area (TPSA) is 58.2 Å². The Bertz CT molecular complexity index is 680. The molecule has 4 heterocycles. The van der Waals surface area contributed by atoms with Gasteiger partial charge in [0.1, 0.15) is 0 Å². The number of aromatic amines is 1. The van der Waals surface area contributed by atoms with Crippen molar-refractivity contribution in [1.82, 2.24) is 9.97 Å². The average Bonchev–Trinajstić information content (AvgIpc) is 2.87. The molecular weight excluding hydrogens is 242 g/mol. The molecule has 0 bridgehead atoms. The Morgan fingerprint density at radius 2 is 2.21 bits per heavy atom. The van der Waals surface area contributed by atoms with Crippen LogP contribution in [0, 0.1) is 5.41 Å². The molecule has 0 amide bonds. The Hall–Kier alpha value is -1.88. The molecule has 5 nitrogen and oxygen atoms in total. The quantitative estimate of drug-likeness (QED) is 0.832. The van der Waals surface area contributed by atoms with Crippen molar-refractivity contribution in [2.75, 3.05) is 31.2 Å². The first-order valence-corrected chi connectivity index (χ1v) is 6.56. The third-order valence-corrected chi connectivity index (χ3v) is 4.25. The van der Waals surface area contributed by atoms with E-state index in [4.69, 9.17) is 4.74 Å². The number of hydrogen-bond acceptors (Lipinski definition) is 4. The van der Waals surface area contributed by atoms with Gasteiger partial charge in [-0.15, -0.1) is 0 Å². The molecule has 0 saturated carbocycles. The Balaban J connectivity index is 1.73. The highest BCUT2D eigenvalue weighted by atomic mass is 16.5. The molecule has 98 valence electrons. The van der Waals surface area contributed by atoms with Gasteiger partial charge in [0.15, 0.2) is 0 Å². The lowest BCUT2D eigenvalue weighted by atomic mass is 9.79. The molecule has 0 aliphatic carbocycles. The van der Waals surface area contributed by atoms with Gasteiger partial charge in [-0.1, -0.05) is 0 Å². The molecule has 0 atom stereocenters. The van der Waals surface area contributed by atoms with Crippen LogP contribution in [0.4, 0.5) is 5.69 Å². The fourth-order valence-electron chi connectivity index (χ4n) is 3.18. The van der Waals surface area contributed by atoms with Crippen molar-refractivity contribution >= 4 is 16.5 Å². The van der Waals surface area contributed by atoms with Crippen LogP contribution in [0.1, 0.15) is 6.42 Å². The number of pyridine rings is 2. The summed E-state index contributed by atoms with van der Waals surface area (Å²) in [5, 5.41) is 1.64. The van der Waals surface area contributed by atoms with E-state index in [0.717, 1.165) is 43.8 Å². The van der Waals surface area contributed by atoms with Crippen molar-refractivity contribution in [3.05, 3.63) is 35.0 Å². The molecule has 1 spiro atoms. The van der Waals surface area contributed by atoms with Gasteiger partial charge in [0.05, 0.1) is 23.9 Å². The molecule has 0 aromatic carbocycles. The number of anilines is 1. The number of rotatable bonds is 1. The van der Waals surface area contributed by atoms with Crippen LogP contribution in [0.25, 0.3) is 10.8 Å². The minimum Gasteiger partial charge on any atom is -0.381 e. The Labute approximate surface area is 110 Å². The molecule has 2 aromatic heterocycles. The summed E-state index contributed by atoms with van der Waals surface area (Å²) in [5.41, 5.74) is 1.32. The van der Waals surface area contributed by atoms with Gasteiger partial charge in [-0.2, -0.15) is 0 Å². The van der Waals surface area contributed by atoms with Crippen LogP contribution in [0.15, 0.2) is 29.5 Å². The predicted molar refractivity (Wildman–Crippen MR) is 72.4 cm³/mol. The molecule has 1 N–H and O–H groups in total. The van der Waals surface area contributed by atoms with Crippen molar-refractivity contribution < 1.29 is 4.74 Å². The van der Waals surface area contributed by atoms with Gasteiger partial charge >= 0.3 is 0 Å². The Morgan fingerprint density at radius 1 is 1.32 bits per heavy atom. The van der Waals surface area contributed by atoms with E-state index in [1.54, 1.807) is 12.4 Å². The number of aromatic nitrogens is 2. The van der Waals surface area contributed by atoms with E-state index < -0.39 is 0 Å². The van der Waals surface area contributed by atoms with Crippen LogP contribution in [-0.2, 0) is 4.74 Å². The summed E-state index contributed by atoms with van der Waals surface area (Å²) in [6, 6.07) is 1.95. The van der Waals surface area contributed by atoms with E-state index in [9.17, 15) is 4.79 Å². The smallest absolute Gasteiger partial charge is 0.257 e. The number of fused-ring (bicyclic) bond motifs is 1. The number of nitrogens with zero attached hydrogens (tertiary/aromatic N) is 2. The lowest BCUT2D eigenvalue weighted by molar-refractivity contribution is 0.131. The second-order valence-corrected chi connectivity index (χ2v) is 5.59. The molecule has 5 heteroatoms. The second-order valence-electron chi connectivity index (χ2n) is 5.59. The van der Waals surface area contributed by atoms with E-state index in [0.29, 0.717) is 10.8 Å². The average molecular weight is 257 g/mol. The van der Waals surface area contributed by atoms with Crippen LogP contribution in [0.2, 0.25) is 0 Å². The fourth-order valence-corrected chi connectivity index (χ4v) is 3.18. The second kappa shape index (κ2) is 3.81. The van der Waals surface area contributed by atoms with Crippen LogP contribution in [-0.4, -0.2) is 36.3 Å². The first kappa shape index (κ1) is 11.0. The summed E-state index contributed by atoms with van der Waals surface area (Å²) in [6.07, 6.45) is 6.32. The lowest BCUT2D eigenvalue weighted by Gasteiger charge is -2.48. The number of hydrogen-bond donors (Lipinski definition) is 1. The molecule has 2 saturated heterocycles. The summed E-state index contributed by atoms with van der Waals surface area (Å²) in [7, 11) is 0. The molecule has 2 aromatic rings. The van der Waals surface area contributed by atoms with E-state index in [-0.39, 0.29) is 5.56 Å². The van der Waals surface area contributed by atoms with Gasteiger partial charge in [0.2, 0.25) is 0 Å². The highest BCUT2D eigenvalue weighted by molar-refractivity contribution is 5.92. The van der Waals surface area contributed by atoms with Crippen LogP contribution in [0.5, 0.6) is 0 Å². The summed E-state index contributed by atoms with van der Waals surface area (Å²) in [4.78, 5) is 21.0. The first-order valence-electron chi connectivity index (χ1n) is 6.56. The summed E-state index contributed by atoms with van der Waals surface area (Å²) < 4.78 is 5.50. The first-order chi connectivity index (χ1) is 9.27. The van der Waals surface area contributed by atoms with E-state index >= 15 is 0 Å². The Kier molecular flexibility index (Phi) is 2.20. The van der Waals surface area contributed by atoms with Gasteiger partial charge in [0, 0.05) is 42.9 Å². The Morgan fingerprint density at radius 3 is 3.00 bits per heavy atom. The van der Waals surface area contributed by atoms with E-state index in [2.05, 4.69) is 14.9 Å². The molecule has 0 unspecified atom stereocenters. The van der Waals surface area contributed by atoms with E-state index in [1.165, 1.54) is 0 Å². The largest absolute Gasteiger partial charge is 0.381 e. The van der Waals surface area contributed by atoms with Gasteiger partial charge in [0.25, 0.3) is 5.56 Å². The third-order valence-electron chi connectivity index (χ3n) is 4.25. The summed E-state index contributed by atoms with van der Waals surface area (Å²) >= 11 is 0. The monoisotopic (exact) mass is 257 g/mol. The SMILES string of the molecule is O=c1[nH]ccc2c(N3CC4(CCOC4)C3)cncc12. The zero-order chi connectivity index (χ0) is 12.9. The minimum atomic E-state index is -0.0775. The minimum absolute atomic E-state index is 0.0775. The fraction of sp³-hybridized carbons (Fsp3) is 0.429. The highest BCUT2D eigenvalue weighted by Crippen LogP contribution is 2.41. The summed E-state index contributed by atoms with van der Waals surface area (Å²) in [6.45, 7) is 3.74. The third kappa shape index (κ3) is 1.58. The molecule has 0 radical (unpaired) electrons. The van der Waals surface area contributed by atoms with Gasteiger partial charge in [-0.3, -0.25) is 9.78 Å². The number of nitrogens with one attached hydrogen (secondary N) is 1. The number of H-pyrrole nitrogens is 1. The zero-order valence-corrected chi connectivity index (χ0v) is 10.6. The maximum Gasteiger partial charge on any atom is 0.257 e. The van der Waals surface area contributed by atoms with Gasteiger partial charge < -0.3 is 14.6 Å². The molecule has 2 fully saturated rings. The maximum absolute atomic E-state index is 11.8. The van der Waals surface area contributed by atoms with Crippen molar-refractivity contribution in [3.63, 3.8) is 0 Å². The molecule has 19 heavy (non-hydrogen) atoms. The number of ether oxygens (including phenoxy) is 1. The van der Waals surface area contributed by atoms with Crippen molar-refractivity contribution in [1.29, 1.82) is 0 Å². The zero-order valence-electron chi connectivity index (χ0n) is 10.6. The maximum atomic E-state index is 11.8. The predicted octanol–water partition coefficient (Wildman–Crippen LogP) is 1.15. The van der Waals surface area contributed by atoms with Gasteiger partial charge in [-0.25, -0.2) is 0 Å². The molecular formula is C14H15N3O2. The van der Waals surface area contributed by atoms with Crippen molar-refractivity contribution in [2.45, 2.75) is 6.42 Å². The van der Waals surface area contributed by atoms with Crippen LogP contribution >= 0.6 is 0 Å². The van der Waals surface area contributed by atoms with Crippen LogP contribution < -0.4 is 10.5 Å². The van der Waals surface area contributed by atoms with E-state index in [1.807, 2.05) is 12.3 Å². The van der Waals surface area contributed by atoms with Crippen molar-refractivity contribution in [3.8, 4) is 0 Å². The van der Waals surface area contributed by atoms with Gasteiger partial charge in [-0.05, 0) is 12.5 Å². The van der Waals surface area contributed by atoms with Crippen molar-refractivity contribution in [2.24, 2.45) is 5.41 Å². The molecule has 2 aliphatic rings. The summed E-state index contributed by atoms with van der Waals surface area (Å²) in [5.74, 6) is 0.